The summed E-state index contributed by atoms with van der Waals surface area (Å²) in [7, 11) is 0. The van der Waals surface area contributed by atoms with E-state index in [-0.39, 0.29) is 5.92 Å². The number of anilines is 1. The van der Waals surface area contributed by atoms with Gasteiger partial charge in [0.15, 0.2) is 0 Å². The van der Waals surface area contributed by atoms with E-state index in [1.807, 2.05) is 19.1 Å². The van der Waals surface area contributed by atoms with Crippen LogP contribution in [-0.2, 0) is 4.79 Å². The van der Waals surface area contributed by atoms with E-state index in [4.69, 9.17) is 5.11 Å². The summed E-state index contributed by atoms with van der Waals surface area (Å²) in [6, 6.07) is 8.05. The van der Waals surface area contributed by atoms with Crippen LogP contribution in [0.1, 0.15) is 44.1 Å². The topological polar surface area (TPSA) is 40.5 Å². The Kier molecular flexibility index (Phi) is 4.24. The lowest BCUT2D eigenvalue weighted by atomic mass is 9.96. The van der Waals surface area contributed by atoms with Gasteiger partial charge in [0.2, 0.25) is 0 Å². The SMILES string of the molecule is CCC(C(=O)O)c1ccc(N2CCCCC2)cc1. The number of carboxylic acid groups (broad SMARTS) is 1. The molecule has 18 heavy (non-hydrogen) atoms. The van der Waals surface area contributed by atoms with Gasteiger partial charge in [0.25, 0.3) is 0 Å². The second kappa shape index (κ2) is 5.89. The monoisotopic (exact) mass is 247 g/mol. The number of carboxylic acids is 1. The molecule has 1 fully saturated rings. The van der Waals surface area contributed by atoms with Gasteiger partial charge < -0.3 is 10.0 Å². The van der Waals surface area contributed by atoms with E-state index in [0.29, 0.717) is 6.42 Å². The molecule has 1 aliphatic heterocycles. The van der Waals surface area contributed by atoms with Gasteiger partial charge in [0.05, 0.1) is 5.92 Å². The molecular weight excluding hydrogens is 226 g/mol. The third-order valence-corrected chi connectivity index (χ3v) is 3.72. The largest absolute Gasteiger partial charge is 0.481 e. The highest BCUT2D eigenvalue weighted by atomic mass is 16.4. The number of rotatable bonds is 4. The molecule has 2 rings (SSSR count). The molecule has 0 aliphatic carbocycles. The summed E-state index contributed by atoms with van der Waals surface area (Å²) >= 11 is 0. The smallest absolute Gasteiger partial charge is 0.310 e. The van der Waals surface area contributed by atoms with Crippen LogP contribution in [0, 0.1) is 0 Å². The maximum absolute atomic E-state index is 11.1. The Balaban J connectivity index is 2.11. The summed E-state index contributed by atoms with van der Waals surface area (Å²) in [6.07, 6.45) is 4.48. The molecule has 1 unspecified atom stereocenters. The first-order valence-corrected chi connectivity index (χ1v) is 6.80. The highest BCUT2D eigenvalue weighted by Gasteiger charge is 2.18. The first-order valence-electron chi connectivity index (χ1n) is 6.80. The first-order chi connectivity index (χ1) is 8.72. The van der Waals surface area contributed by atoms with Gasteiger partial charge >= 0.3 is 5.97 Å². The van der Waals surface area contributed by atoms with E-state index in [1.54, 1.807) is 0 Å². The summed E-state index contributed by atoms with van der Waals surface area (Å²) in [5.41, 5.74) is 2.13. The fourth-order valence-electron chi connectivity index (χ4n) is 2.62. The highest BCUT2D eigenvalue weighted by molar-refractivity contribution is 5.76. The summed E-state index contributed by atoms with van der Waals surface area (Å²) in [6.45, 7) is 4.16. The van der Waals surface area contributed by atoms with E-state index >= 15 is 0 Å². The number of nitrogens with zero attached hydrogens (tertiary/aromatic N) is 1. The van der Waals surface area contributed by atoms with Gasteiger partial charge in [-0.25, -0.2) is 0 Å². The molecule has 98 valence electrons. The molecule has 0 aromatic heterocycles. The summed E-state index contributed by atoms with van der Waals surface area (Å²) < 4.78 is 0. The molecule has 0 spiro atoms. The van der Waals surface area contributed by atoms with Crippen LogP contribution in [0.25, 0.3) is 0 Å². The van der Waals surface area contributed by atoms with Crippen LogP contribution in [0.4, 0.5) is 5.69 Å². The van der Waals surface area contributed by atoms with Gasteiger partial charge in [-0.3, -0.25) is 4.79 Å². The van der Waals surface area contributed by atoms with Crippen molar-refractivity contribution < 1.29 is 9.90 Å². The van der Waals surface area contributed by atoms with Crippen LogP contribution in [-0.4, -0.2) is 24.2 Å². The molecule has 1 aliphatic rings. The number of carbonyl (C=O) groups is 1. The Morgan fingerprint density at radius 1 is 1.22 bits per heavy atom. The quantitative estimate of drug-likeness (QED) is 0.887. The summed E-state index contributed by atoms with van der Waals surface area (Å²) in [5.74, 6) is -1.11. The molecule has 1 aromatic carbocycles. The first kappa shape index (κ1) is 12.9. The van der Waals surface area contributed by atoms with Crippen molar-refractivity contribution in [1.82, 2.24) is 0 Å². The minimum atomic E-state index is -0.733. The van der Waals surface area contributed by atoms with Gasteiger partial charge in [-0.15, -0.1) is 0 Å². The normalized spacial score (nSPS) is 17.5. The zero-order valence-corrected chi connectivity index (χ0v) is 10.9. The number of hydrogen-bond donors (Lipinski definition) is 1. The van der Waals surface area contributed by atoms with E-state index in [1.165, 1.54) is 24.9 Å². The second-order valence-electron chi connectivity index (χ2n) is 4.94. The highest BCUT2D eigenvalue weighted by Crippen LogP contribution is 2.25. The van der Waals surface area contributed by atoms with Crippen molar-refractivity contribution in [2.45, 2.75) is 38.5 Å². The van der Waals surface area contributed by atoms with Crippen LogP contribution in [0.5, 0.6) is 0 Å². The molecule has 1 heterocycles. The Labute approximate surface area is 108 Å². The Morgan fingerprint density at radius 3 is 2.33 bits per heavy atom. The zero-order valence-electron chi connectivity index (χ0n) is 10.9. The van der Waals surface area contributed by atoms with Crippen molar-refractivity contribution >= 4 is 11.7 Å². The van der Waals surface area contributed by atoms with Crippen molar-refractivity contribution in [1.29, 1.82) is 0 Å². The summed E-state index contributed by atoms with van der Waals surface area (Å²) in [5, 5.41) is 9.13. The van der Waals surface area contributed by atoms with Gasteiger partial charge in [0, 0.05) is 18.8 Å². The minimum absolute atomic E-state index is 0.375. The predicted molar refractivity (Wildman–Crippen MR) is 73.2 cm³/mol. The Morgan fingerprint density at radius 2 is 1.83 bits per heavy atom. The van der Waals surface area contributed by atoms with Gasteiger partial charge in [0.1, 0.15) is 0 Å². The number of hydrogen-bond acceptors (Lipinski definition) is 2. The molecular formula is C15H21NO2. The summed E-state index contributed by atoms with van der Waals surface area (Å²) in [4.78, 5) is 13.5. The molecule has 1 saturated heterocycles. The third kappa shape index (κ3) is 2.84. The molecule has 0 amide bonds. The number of benzene rings is 1. The molecule has 3 nitrogen and oxygen atoms in total. The number of aliphatic carboxylic acids is 1. The van der Waals surface area contributed by atoms with E-state index in [0.717, 1.165) is 18.7 Å². The van der Waals surface area contributed by atoms with Crippen molar-refractivity contribution in [3.63, 3.8) is 0 Å². The van der Waals surface area contributed by atoms with Crippen LogP contribution in [0.15, 0.2) is 24.3 Å². The van der Waals surface area contributed by atoms with E-state index in [2.05, 4.69) is 17.0 Å². The van der Waals surface area contributed by atoms with Gasteiger partial charge in [-0.2, -0.15) is 0 Å². The van der Waals surface area contributed by atoms with Crippen LogP contribution < -0.4 is 4.90 Å². The molecule has 3 heteroatoms. The fourth-order valence-corrected chi connectivity index (χ4v) is 2.62. The molecule has 1 atom stereocenters. The van der Waals surface area contributed by atoms with Crippen LogP contribution in [0.2, 0.25) is 0 Å². The zero-order chi connectivity index (χ0) is 13.0. The molecule has 0 saturated carbocycles. The molecule has 0 bridgehead atoms. The lowest BCUT2D eigenvalue weighted by Crippen LogP contribution is -2.29. The average Bonchev–Trinajstić information content (AvgIpc) is 2.41. The van der Waals surface area contributed by atoms with Crippen molar-refractivity contribution in [2.24, 2.45) is 0 Å². The van der Waals surface area contributed by atoms with Crippen molar-refractivity contribution in [2.75, 3.05) is 18.0 Å². The van der Waals surface area contributed by atoms with Gasteiger partial charge in [-0.05, 0) is 43.4 Å². The van der Waals surface area contributed by atoms with E-state index in [9.17, 15) is 4.79 Å². The predicted octanol–water partition coefficient (Wildman–Crippen LogP) is 3.26. The van der Waals surface area contributed by atoms with Gasteiger partial charge in [-0.1, -0.05) is 19.1 Å². The Hall–Kier alpha value is -1.51. The Bertz CT molecular complexity index is 393. The maximum Gasteiger partial charge on any atom is 0.310 e. The standard InChI is InChI=1S/C15H21NO2/c1-2-14(15(17)18)12-6-8-13(9-7-12)16-10-4-3-5-11-16/h6-9,14H,2-5,10-11H2,1H3,(H,17,18). The minimum Gasteiger partial charge on any atom is -0.481 e. The van der Waals surface area contributed by atoms with Crippen LogP contribution in [0.3, 0.4) is 0 Å². The second-order valence-corrected chi connectivity index (χ2v) is 4.94. The number of piperidine rings is 1. The van der Waals surface area contributed by atoms with Crippen molar-refractivity contribution in [3.05, 3.63) is 29.8 Å². The van der Waals surface area contributed by atoms with Crippen molar-refractivity contribution in [3.8, 4) is 0 Å². The van der Waals surface area contributed by atoms with Crippen LogP contribution >= 0.6 is 0 Å². The van der Waals surface area contributed by atoms with E-state index < -0.39 is 5.97 Å². The lowest BCUT2D eigenvalue weighted by molar-refractivity contribution is -0.138. The molecule has 0 radical (unpaired) electrons. The maximum atomic E-state index is 11.1. The third-order valence-electron chi connectivity index (χ3n) is 3.72. The fraction of sp³-hybridized carbons (Fsp3) is 0.533. The molecule has 1 aromatic rings. The average molecular weight is 247 g/mol. The molecule has 1 N–H and O–H groups in total. The lowest BCUT2D eigenvalue weighted by Gasteiger charge is -2.29.